The Bertz CT molecular complexity index is 264. The van der Waals surface area contributed by atoms with E-state index in [-0.39, 0.29) is 5.97 Å². The molecule has 0 aromatic carbocycles. The highest BCUT2D eigenvalue weighted by atomic mass is 32.2. The van der Waals surface area contributed by atoms with Crippen molar-refractivity contribution < 1.29 is 9.53 Å². The Morgan fingerprint density at radius 1 is 1.54 bits per heavy atom. The van der Waals surface area contributed by atoms with Gasteiger partial charge in [-0.05, 0) is 17.7 Å². The number of pyridine rings is 1. The molecule has 70 valence electrons. The van der Waals surface area contributed by atoms with E-state index in [2.05, 4.69) is 9.72 Å². The summed E-state index contributed by atoms with van der Waals surface area (Å²) in [7, 11) is 1.40. The van der Waals surface area contributed by atoms with Gasteiger partial charge in [0.2, 0.25) is 0 Å². The maximum atomic E-state index is 10.7. The molecule has 0 amide bonds. The van der Waals surface area contributed by atoms with E-state index in [4.69, 9.17) is 0 Å². The zero-order valence-corrected chi connectivity index (χ0v) is 8.21. The van der Waals surface area contributed by atoms with Crippen LogP contribution >= 0.6 is 11.8 Å². The molecule has 1 heterocycles. The van der Waals surface area contributed by atoms with Crippen LogP contribution in [0.15, 0.2) is 24.5 Å². The summed E-state index contributed by atoms with van der Waals surface area (Å²) in [5.41, 5.74) is 1.17. The summed E-state index contributed by atoms with van der Waals surface area (Å²) in [4.78, 5) is 14.7. The second-order valence-electron chi connectivity index (χ2n) is 2.42. The molecule has 0 spiro atoms. The monoisotopic (exact) mass is 197 g/mol. The van der Waals surface area contributed by atoms with Crippen molar-refractivity contribution in [1.29, 1.82) is 0 Å². The van der Waals surface area contributed by atoms with Crippen LogP contribution < -0.4 is 0 Å². The molecule has 0 bridgehead atoms. The van der Waals surface area contributed by atoms with Gasteiger partial charge < -0.3 is 4.74 Å². The van der Waals surface area contributed by atoms with E-state index in [9.17, 15) is 4.79 Å². The predicted molar refractivity (Wildman–Crippen MR) is 52.4 cm³/mol. The molecule has 4 heteroatoms. The zero-order valence-electron chi connectivity index (χ0n) is 7.40. The van der Waals surface area contributed by atoms with Gasteiger partial charge in [-0.3, -0.25) is 9.78 Å². The first-order valence-corrected chi connectivity index (χ1v) is 5.02. The highest BCUT2D eigenvalue weighted by molar-refractivity contribution is 7.99. The molecule has 0 fully saturated rings. The average Bonchev–Trinajstić information content (AvgIpc) is 2.19. The quantitative estimate of drug-likeness (QED) is 0.685. The van der Waals surface area contributed by atoms with Gasteiger partial charge in [0.1, 0.15) is 0 Å². The minimum atomic E-state index is -0.181. The van der Waals surface area contributed by atoms with E-state index in [1.54, 1.807) is 12.4 Å². The highest BCUT2D eigenvalue weighted by Crippen LogP contribution is 2.10. The minimum Gasteiger partial charge on any atom is -0.468 e. The van der Waals surface area contributed by atoms with Gasteiger partial charge in [-0.15, -0.1) is 11.8 Å². The lowest BCUT2D eigenvalue weighted by molar-refractivity contribution is -0.137. The van der Waals surface area contributed by atoms with Gasteiger partial charge in [0.05, 0.1) is 12.9 Å². The third kappa shape index (κ3) is 3.94. The van der Waals surface area contributed by atoms with E-state index in [0.717, 1.165) is 5.75 Å². The summed E-state index contributed by atoms with van der Waals surface area (Å²) < 4.78 is 4.52. The SMILES string of the molecule is COC(=O)CSCc1ccncc1. The maximum absolute atomic E-state index is 10.7. The van der Waals surface area contributed by atoms with Crippen molar-refractivity contribution in [3.05, 3.63) is 30.1 Å². The van der Waals surface area contributed by atoms with E-state index < -0.39 is 0 Å². The molecular weight excluding hydrogens is 186 g/mol. The molecule has 0 saturated carbocycles. The van der Waals surface area contributed by atoms with Crippen molar-refractivity contribution in [2.45, 2.75) is 5.75 Å². The number of hydrogen-bond acceptors (Lipinski definition) is 4. The molecular formula is C9H11NO2S. The summed E-state index contributed by atoms with van der Waals surface area (Å²) in [5.74, 6) is 1.04. The lowest BCUT2D eigenvalue weighted by atomic mass is 10.3. The van der Waals surface area contributed by atoms with Crippen LogP contribution in [0, 0.1) is 0 Å². The van der Waals surface area contributed by atoms with Crippen molar-refractivity contribution in [3.63, 3.8) is 0 Å². The number of carbonyl (C=O) groups excluding carboxylic acids is 1. The Hall–Kier alpha value is -1.03. The molecule has 13 heavy (non-hydrogen) atoms. The van der Waals surface area contributed by atoms with Gasteiger partial charge in [-0.25, -0.2) is 0 Å². The molecule has 0 saturated heterocycles. The molecule has 0 aliphatic heterocycles. The summed E-state index contributed by atoms with van der Waals surface area (Å²) >= 11 is 1.54. The van der Waals surface area contributed by atoms with Crippen molar-refractivity contribution in [2.24, 2.45) is 0 Å². The summed E-state index contributed by atoms with van der Waals surface area (Å²) in [6.07, 6.45) is 3.49. The van der Waals surface area contributed by atoms with E-state index >= 15 is 0 Å². The molecule has 1 aromatic rings. The van der Waals surface area contributed by atoms with E-state index in [1.807, 2.05) is 12.1 Å². The van der Waals surface area contributed by atoms with Crippen LogP contribution in [0.2, 0.25) is 0 Å². The van der Waals surface area contributed by atoms with Gasteiger partial charge in [0, 0.05) is 18.1 Å². The van der Waals surface area contributed by atoms with Gasteiger partial charge in [0.25, 0.3) is 0 Å². The molecule has 0 aliphatic rings. The van der Waals surface area contributed by atoms with Crippen molar-refractivity contribution >= 4 is 17.7 Å². The lowest BCUT2D eigenvalue weighted by Crippen LogP contribution is -2.03. The topological polar surface area (TPSA) is 39.2 Å². The summed E-state index contributed by atoms with van der Waals surface area (Å²) in [6.45, 7) is 0. The number of aromatic nitrogens is 1. The van der Waals surface area contributed by atoms with Gasteiger partial charge in [-0.1, -0.05) is 0 Å². The van der Waals surface area contributed by atoms with Gasteiger partial charge >= 0.3 is 5.97 Å². The van der Waals surface area contributed by atoms with Crippen LogP contribution in [-0.2, 0) is 15.3 Å². The standard InChI is InChI=1S/C9H11NO2S/c1-12-9(11)7-13-6-8-2-4-10-5-3-8/h2-5H,6-7H2,1H3. The van der Waals surface area contributed by atoms with Gasteiger partial charge in [0.15, 0.2) is 0 Å². The van der Waals surface area contributed by atoms with Crippen molar-refractivity contribution in [3.8, 4) is 0 Å². The number of esters is 1. The number of methoxy groups -OCH3 is 1. The second-order valence-corrected chi connectivity index (χ2v) is 3.41. The van der Waals surface area contributed by atoms with E-state index in [0.29, 0.717) is 5.75 Å². The molecule has 0 N–H and O–H groups in total. The van der Waals surface area contributed by atoms with Crippen LogP contribution in [0.3, 0.4) is 0 Å². The Labute approximate surface area is 81.5 Å². The molecule has 0 unspecified atom stereocenters. The third-order valence-corrected chi connectivity index (χ3v) is 2.44. The predicted octanol–water partition coefficient (Wildman–Crippen LogP) is 1.49. The van der Waals surface area contributed by atoms with Crippen LogP contribution in [0.1, 0.15) is 5.56 Å². The van der Waals surface area contributed by atoms with Gasteiger partial charge in [-0.2, -0.15) is 0 Å². The van der Waals surface area contributed by atoms with E-state index in [1.165, 1.54) is 24.4 Å². The molecule has 0 radical (unpaired) electrons. The third-order valence-electron chi connectivity index (χ3n) is 1.47. The fraction of sp³-hybridized carbons (Fsp3) is 0.333. The van der Waals surface area contributed by atoms with Crippen molar-refractivity contribution in [2.75, 3.05) is 12.9 Å². The number of nitrogens with zero attached hydrogens (tertiary/aromatic N) is 1. The number of rotatable bonds is 4. The number of thioether (sulfide) groups is 1. The second kappa shape index (κ2) is 5.59. The Kier molecular flexibility index (Phi) is 4.32. The highest BCUT2D eigenvalue weighted by Gasteiger charge is 1.99. The molecule has 1 aromatic heterocycles. The molecule has 3 nitrogen and oxygen atoms in total. The average molecular weight is 197 g/mol. The van der Waals surface area contributed by atoms with Crippen LogP contribution in [0.4, 0.5) is 0 Å². The van der Waals surface area contributed by atoms with Crippen LogP contribution in [-0.4, -0.2) is 23.8 Å². The first kappa shape index (κ1) is 10.1. The van der Waals surface area contributed by atoms with Crippen LogP contribution in [0.5, 0.6) is 0 Å². The summed E-state index contributed by atoms with van der Waals surface area (Å²) in [5, 5.41) is 0. The summed E-state index contributed by atoms with van der Waals surface area (Å²) in [6, 6.07) is 3.87. The Morgan fingerprint density at radius 2 is 2.23 bits per heavy atom. The number of hydrogen-bond donors (Lipinski definition) is 0. The molecule has 1 rings (SSSR count). The number of carbonyl (C=O) groups is 1. The zero-order chi connectivity index (χ0) is 9.52. The number of ether oxygens (including phenoxy) is 1. The Balaban J connectivity index is 2.24. The minimum absolute atomic E-state index is 0.181. The fourth-order valence-corrected chi connectivity index (χ4v) is 1.60. The first-order chi connectivity index (χ1) is 6.33. The lowest BCUT2D eigenvalue weighted by Gasteiger charge is -1.99. The van der Waals surface area contributed by atoms with Crippen LogP contribution in [0.25, 0.3) is 0 Å². The maximum Gasteiger partial charge on any atom is 0.315 e. The van der Waals surface area contributed by atoms with Crippen molar-refractivity contribution in [1.82, 2.24) is 4.98 Å². The normalized spacial score (nSPS) is 9.62. The first-order valence-electron chi connectivity index (χ1n) is 3.86. The molecule has 0 aliphatic carbocycles. The Morgan fingerprint density at radius 3 is 2.85 bits per heavy atom. The molecule has 0 atom stereocenters. The fourth-order valence-electron chi connectivity index (χ4n) is 0.790. The largest absolute Gasteiger partial charge is 0.468 e. The smallest absolute Gasteiger partial charge is 0.315 e.